The summed E-state index contributed by atoms with van der Waals surface area (Å²) in [6.45, 7) is 1.89. The molecule has 3 aromatic carbocycles. The first-order valence-electron chi connectivity index (χ1n) is 9.19. The molecule has 156 valence electrons. The van der Waals surface area contributed by atoms with Gasteiger partial charge in [0.1, 0.15) is 10.6 Å². The van der Waals surface area contributed by atoms with Gasteiger partial charge in [-0.15, -0.1) is 0 Å². The molecule has 0 saturated heterocycles. The quantitative estimate of drug-likeness (QED) is 0.394. The van der Waals surface area contributed by atoms with E-state index in [0.29, 0.717) is 26.4 Å². The first-order valence-corrected chi connectivity index (χ1v) is 11.1. The van der Waals surface area contributed by atoms with E-state index in [1.807, 2.05) is 43.3 Å². The number of hydrogen-bond donors (Lipinski definition) is 1. The van der Waals surface area contributed by atoms with Gasteiger partial charge in [0.15, 0.2) is 0 Å². The minimum atomic E-state index is -0.501. The Morgan fingerprint density at radius 1 is 0.839 bits per heavy atom. The van der Waals surface area contributed by atoms with Gasteiger partial charge in [-0.2, -0.15) is 0 Å². The number of amides is 2. The molecular formula is C23H15Cl3N2O2S. The van der Waals surface area contributed by atoms with Crippen molar-refractivity contribution in [3.63, 3.8) is 0 Å². The van der Waals surface area contributed by atoms with Crippen molar-refractivity contribution >= 4 is 69.8 Å². The van der Waals surface area contributed by atoms with Crippen LogP contribution in [0.15, 0.2) is 82.2 Å². The minimum absolute atomic E-state index is 0.162. The maximum absolute atomic E-state index is 13.3. The summed E-state index contributed by atoms with van der Waals surface area (Å²) in [6, 6.07) is 19.3. The van der Waals surface area contributed by atoms with Crippen LogP contribution < -0.4 is 10.2 Å². The van der Waals surface area contributed by atoms with Crippen LogP contribution in [0.3, 0.4) is 0 Å². The molecule has 1 N–H and O–H groups in total. The van der Waals surface area contributed by atoms with Crippen molar-refractivity contribution in [1.82, 2.24) is 0 Å². The van der Waals surface area contributed by atoms with Gasteiger partial charge in [0, 0.05) is 25.7 Å². The van der Waals surface area contributed by atoms with Crippen molar-refractivity contribution in [3.8, 4) is 0 Å². The molecule has 2 amide bonds. The highest BCUT2D eigenvalue weighted by molar-refractivity contribution is 8.04. The molecule has 0 spiro atoms. The fraction of sp³-hybridized carbons (Fsp3) is 0.0435. The highest BCUT2D eigenvalue weighted by atomic mass is 35.5. The molecule has 3 aromatic rings. The molecule has 0 atom stereocenters. The molecule has 0 aromatic heterocycles. The summed E-state index contributed by atoms with van der Waals surface area (Å²) in [5.74, 6) is -0.962. The molecule has 1 heterocycles. The smallest absolute Gasteiger partial charge is 0.283 e. The van der Waals surface area contributed by atoms with E-state index in [1.54, 1.807) is 12.1 Å². The summed E-state index contributed by atoms with van der Waals surface area (Å²) in [6.07, 6.45) is 0. The number of aryl methyl sites for hydroxylation is 1. The Bertz CT molecular complexity index is 1210. The Labute approximate surface area is 198 Å². The Morgan fingerprint density at radius 3 is 2.16 bits per heavy atom. The van der Waals surface area contributed by atoms with Crippen LogP contribution in [-0.2, 0) is 9.59 Å². The molecule has 0 saturated carbocycles. The number of carbonyl (C=O) groups excluding carboxylic acids is 2. The van der Waals surface area contributed by atoms with Gasteiger partial charge in [0.25, 0.3) is 11.8 Å². The fourth-order valence-corrected chi connectivity index (χ4v) is 4.68. The number of benzene rings is 3. The van der Waals surface area contributed by atoms with E-state index in [1.165, 1.54) is 30.0 Å². The van der Waals surface area contributed by atoms with Gasteiger partial charge in [0.2, 0.25) is 0 Å². The van der Waals surface area contributed by atoms with E-state index in [9.17, 15) is 9.59 Å². The maximum Gasteiger partial charge on any atom is 0.283 e. The number of rotatable bonds is 5. The molecule has 1 aliphatic rings. The van der Waals surface area contributed by atoms with Crippen molar-refractivity contribution in [2.45, 2.75) is 11.8 Å². The summed E-state index contributed by atoms with van der Waals surface area (Å²) in [5, 5.41) is 4.29. The average molecular weight is 490 g/mol. The zero-order valence-corrected chi connectivity index (χ0v) is 19.2. The third-order valence-electron chi connectivity index (χ3n) is 4.55. The fourth-order valence-electron chi connectivity index (χ4n) is 3.04. The van der Waals surface area contributed by atoms with Crippen molar-refractivity contribution in [3.05, 3.63) is 98.0 Å². The van der Waals surface area contributed by atoms with Gasteiger partial charge < -0.3 is 5.32 Å². The predicted molar refractivity (Wildman–Crippen MR) is 128 cm³/mol. The topological polar surface area (TPSA) is 49.4 Å². The lowest BCUT2D eigenvalue weighted by Gasteiger charge is -2.16. The van der Waals surface area contributed by atoms with Crippen molar-refractivity contribution in [2.24, 2.45) is 0 Å². The van der Waals surface area contributed by atoms with Crippen LogP contribution in [0.25, 0.3) is 0 Å². The normalized spacial score (nSPS) is 13.9. The van der Waals surface area contributed by atoms with Crippen LogP contribution in [-0.4, -0.2) is 11.8 Å². The number of nitrogens with one attached hydrogen (secondary N) is 1. The molecule has 8 heteroatoms. The average Bonchev–Trinajstić information content (AvgIpc) is 2.95. The van der Waals surface area contributed by atoms with Gasteiger partial charge in [-0.25, -0.2) is 4.90 Å². The Morgan fingerprint density at radius 2 is 1.52 bits per heavy atom. The Kier molecular flexibility index (Phi) is 6.30. The standard InChI is InChI=1S/C23H15Cl3N2O2S/c1-13-7-8-16(12-19(13)26)27-20-21(31-18-5-3-2-4-6-18)23(30)28(22(20)29)17-10-14(24)9-15(25)11-17/h2-12,27H,1H3. The summed E-state index contributed by atoms with van der Waals surface area (Å²) >= 11 is 19.7. The van der Waals surface area contributed by atoms with Gasteiger partial charge in [-0.3, -0.25) is 9.59 Å². The second kappa shape index (κ2) is 8.97. The second-order valence-electron chi connectivity index (χ2n) is 6.78. The first-order chi connectivity index (χ1) is 14.8. The molecular weight excluding hydrogens is 475 g/mol. The zero-order valence-electron chi connectivity index (χ0n) is 16.2. The number of nitrogens with zero attached hydrogens (tertiary/aromatic N) is 1. The van der Waals surface area contributed by atoms with Crippen LogP contribution in [0.5, 0.6) is 0 Å². The molecule has 0 bridgehead atoms. The van der Waals surface area contributed by atoms with E-state index in [2.05, 4.69) is 5.32 Å². The highest BCUT2D eigenvalue weighted by Crippen LogP contribution is 2.39. The van der Waals surface area contributed by atoms with Gasteiger partial charge in [-0.05, 0) is 55.0 Å². The molecule has 0 aliphatic carbocycles. The number of anilines is 2. The predicted octanol–water partition coefficient (Wildman–Crippen LogP) is 6.94. The summed E-state index contributed by atoms with van der Waals surface area (Å²) in [7, 11) is 0. The highest BCUT2D eigenvalue weighted by Gasteiger charge is 2.40. The largest absolute Gasteiger partial charge is 0.350 e. The van der Waals surface area contributed by atoms with Gasteiger partial charge in [-0.1, -0.05) is 70.8 Å². The Hall–Kier alpha value is -2.44. The lowest BCUT2D eigenvalue weighted by molar-refractivity contribution is -0.120. The molecule has 1 aliphatic heterocycles. The third kappa shape index (κ3) is 4.60. The number of thioether (sulfide) groups is 1. The molecule has 0 fully saturated rings. The summed E-state index contributed by atoms with van der Waals surface area (Å²) in [4.78, 5) is 28.9. The number of imide groups is 1. The second-order valence-corrected chi connectivity index (χ2v) is 9.15. The maximum atomic E-state index is 13.3. The van der Waals surface area contributed by atoms with E-state index in [0.717, 1.165) is 15.4 Å². The van der Waals surface area contributed by atoms with Crippen LogP contribution >= 0.6 is 46.6 Å². The van der Waals surface area contributed by atoms with Crippen molar-refractivity contribution in [2.75, 3.05) is 10.2 Å². The zero-order chi connectivity index (χ0) is 22.1. The van der Waals surface area contributed by atoms with E-state index >= 15 is 0 Å². The lowest BCUT2D eigenvalue weighted by Crippen LogP contribution is -2.32. The van der Waals surface area contributed by atoms with Crippen molar-refractivity contribution in [1.29, 1.82) is 0 Å². The minimum Gasteiger partial charge on any atom is -0.350 e. The number of halogens is 3. The van der Waals surface area contributed by atoms with E-state index in [-0.39, 0.29) is 10.6 Å². The van der Waals surface area contributed by atoms with E-state index in [4.69, 9.17) is 34.8 Å². The molecule has 31 heavy (non-hydrogen) atoms. The van der Waals surface area contributed by atoms with Crippen LogP contribution in [0.4, 0.5) is 11.4 Å². The molecule has 0 radical (unpaired) electrons. The van der Waals surface area contributed by atoms with Gasteiger partial charge >= 0.3 is 0 Å². The van der Waals surface area contributed by atoms with Crippen LogP contribution in [0.1, 0.15) is 5.56 Å². The molecule has 0 unspecified atom stereocenters. The molecule has 4 rings (SSSR count). The van der Waals surface area contributed by atoms with E-state index < -0.39 is 11.8 Å². The summed E-state index contributed by atoms with van der Waals surface area (Å²) in [5.41, 5.74) is 1.97. The monoisotopic (exact) mass is 488 g/mol. The first kappa shape index (κ1) is 21.8. The van der Waals surface area contributed by atoms with Crippen LogP contribution in [0.2, 0.25) is 15.1 Å². The summed E-state index contributed by atoms with van der Waals surface area (Å²) < 4.78 is 0. The number of carbonyl (C=O) groups is 2. The SMILES string of the molecule is Cc1ccc(NC2=C(Sc3ccccc3)C(=O)N(c3cc(Cl)cc(Cl)c3)C2=O)cc1Cl. The molecule has 4 nitrogen and oxygen atoms in total. The third-order valence-corrected chi connectivity index (χ3v) is 6.49. The number of hydrogen-bond acceptors (Lipinski definition) is 4. The Balaban J connectivity index is 1.77. The van der Waals surface area contributed by atoms with Crippen LogP contribution in [0, 0.1) is 6.92 Å². The van der Waals surface area contributed by atoms with Gasteiger partial charge in [0.05, 0.1) is 5.69 Å². The lowest BCUT2D eigenvalue weighted by atomic mass is 10.2. The van der Waals surface area contributed by atoms with Crippen molar-refractivity contribution < 1.29 is 9.59 Å².